The Morgan fingerprint density at radius 3 is 2.27 bits per heavy atom. The van der Waals surface area contributed by atoms with E-state index in [2.05, 4.69) is 43.2 Å². The highest BCUT2D eigenvalue weighted by atomic mass is 16.5. The van der Waals surface area contributed by atoms with Gasteiger partial charge in [0.2, 0.25) is 0 Å². The van der Waals surface area contributed by atoms with Crippen molar-refractivity contribution in [2.24, 2.45) is 0 Å². The van der Waals surface area contributed by atoms with Gasteiger partial charge in [-0.05, 0) is 43.7 Å². The molecule has 1 aromatic heterocycles. The fraction of sp³-hybridized carbons (Fsp3) is 0.455. The molecule has 0 saturated heterocycles. The molecule has 2 aromatic rings. The van der Waals surface area contributed by atoms with Gasteiger partial charge in [-0.25, -0.2) is 0 Å². The van der Waals surface area contributed by atoms with Gasteiger partial charge in [-0.3, -0.25) is 9.78 Å². The topological polar surface area (TPSA) is 51.2 Å². The Kier molecular flexibility index (Phi) is 7.19. The molecule has 4 nitrogen and oxygen atoms in total. The summed E-state index contributed by atoms with van der Waals surface area (Å²) < 4.78 is 5.88. The number of nitrogens with one attached hydrogen (secondary N) is 1. The smallest absolute Gasteiger partial charge is 0.261 e. The molecule has 0 saturated carbocycles. The first-order chi connectivity index (χ1) is 12.5. The van der Waals surface area contributed by atoms with E-state index in [1.807, 2.05) is 26.0 Å². The molecule has 140 valence electrons. The van der Waals surface area contributed by atoms with E-state index in [1.54, 1.807) is 0 Å². The van der Waals surface area contributed by atoms with Crippen molar-refractivity contribution in [2.75, 3.05) is 11.9 Å². The number of para-hydroxylation sites is 1. The minimum Gasteiger partial charge on any atom is -0.493 e. The number of benzene rings is 1. The Balaban J connectivity index is 2.47. The number of aryl methyl sites for hydroxylation is 4. The summed E-state index contributed by atoms with van der Waals surface area (Å²) in [6.07, 6.45) is 3.32. The van der Waals surface area contributed by atoms with Gasteiger partial charge in [-0.1, -0.05) is 45.9 Å². The van der Waals surface area contributed by atoms with Crippen molar-refractivity contribution in [2.45, 2.75) is 60.3 Å². The summed E-state index contributed by atoms with van der Waals surface area (Å²) in [5.41, 5.74) is 5.41. The Morgan fingerprint density at radius 1 is 1.08 bits per heavy atom. The monoisotopic (exact) mass is 354 g/mol. The van der Waals surface area contributed by atoms with Gasteiger partial charge in [-0.2, -0.15) is 0 Å². The van der Waals surface area contributed by atoms with Crippen LogP contribution in [0.4, 0.5) is 5.69 Å². The zero-order valence-corrected chi connectivity index (χ0v) is 16.6. The number of nitrogens with zero attached hydrogens (tertiary/aromatic N) is 1. The van der Waals surface area contributed by atoms with Crippen molar-refractivity contribution in [3.8, 4) is 5.75 Å². The molecule has 0 aliphatic rings. The fourth-order valence-electron chi connectivity index (χ4n) is 3.11. The summed E-state index contributed by atoms with van der Waals surface area (Å²) in [4.78, 5) is 17.8. The third-order valence-corrected chi connectivity index (χ3v) is 4.45. The molecule has 0 radical (unpaired) electrons. The molecule has 0 unspecified atom stereocenters. The van der Waals surface area contributed by atoms with Crippen molar-refractivity contribution >= 4 is 11.6 Å². The Hall–Kier alpha value is -2.36. The van der Waals surface area contributed by atoms with Crippen LogP contribution in [0.2, 0.25) is 0 Å². The predicted octanol–water partition coefficient (Wildman–Crippen LogP) is 5.12. The van der Waals surface area contributed by atoms with Gasteiger partial charge in [0.1, 0.15) is 11.3 Å². The van der Waals surface area contributed by atoms with E-state index in [4.69, 9.17) is 4.74 Å². The number of pyridine rings is 1. The quantitative estimate of drug-likeness (QED) is 0.716. The first kappa shape index (κ1) is 20.0. The van der Waals surface area contributed by atoms with Crippen LogP contribution in [-0.4, -0.2) is 17.5 Å². The van der Waals surface area contributed by atoms with Crippen molar-refractivity contribution in [3.63, 3.8) is 0 Å². The Morgan fingerprint density at radius 2 is 1.73 bits per heavy atom. The van der Waals surface area contributed by atoms with Crippen LogP contribution >= 0.6 is 0 Å². The molecule has 0 aliphatic heterocycles. The molecule has 1 aromatic carbocycles. The molecule has 2 rings (SSSR count). The minimum absolute atomic E-state index is 0.143. The summed E-state index contributed by atoms with van der Waals surface area (Å²) >= 11 is 0. The lowest BCUT2D eigenvalue weighted by Gasteiger charge is -2.18. The Labute approximate surface area is 157 Å². The van der Waals surface area contributed by atoms with Crippen molar-refractivity contribution in [1.82, 2.24) is 4.98 Å². The number of hydrogen-bond acceptors (Lipinski definition) is 3. The van der Waals surface area contributed by atoms with Gasteiger partial charge in [-0.15, -0.1) is 0 Å². The van der Waals surface area contributed by atoms with E-state index in [9.17, 15) is 4.79 Å². The van der Waals surface area contributed by atoms with Gasteiger partial charge < -0.3 is 10.1 Å². The van der Waals surface area contributed by atoms with Crippen LogP contribution in [0.5, 0.6) is 5.75 Å². The number of amides is 1. The molecule has 26 heavy (non-hydrogen) atoms. The molecule has 1 heterocycles. The van der Waals surface area contributed by atoms with E-state index >= 15 is 0 Å². The van der Waals surface area contributed by atoms with E-state index in [1.165, 1.54) is 0 Å². The van der Waals surface area contributed by atoms with E-state index in [0.29, 0.717) is 24.3 Å². The second kappa shape index (κ2) is 9.37. The van der Waals surface area contributed by atoms with Gasteiger partial charge in [0.15, 0.2) is 0 Å². The van der Waals surface area contributed by atoms with Gasteiger partial charge >= 0.3 is 0 Å². The average molecular weight is 354 g/mol. The standard InChI is InChI=1S/C22H30N2O2/c1-6-13-26-19-14-15(5)23-18(9-4)20(19)22(25)24-21-16(7-2)11-10-12-17(21)8-3/h10-12,14H,6-9,13H2,1-5H3,(H,24,25). The molecule has 0 aliphatic carbocycles. The highest BCUT2D eigenvalue weighted by Crippen LogP contribution is 2.28. The molecule has 1 N–H and O–H groups in total. The lowest BCUT2D eigenvalue weighted by atomic mass is 10.0. The number of ether oxygens (including phenoxy) is 1. The van der Waals surface area contributed by atoms with Gasteiger partial charge in [0, 0.05) is 17.4 Å². The normalized spacial score (nSPS) is 10.7. The predicted molar refractivity (Wildman–Crippen MR) is 107 cm³/mol. The van der Waals surface area contributed by atoms with E-state index in [0.717, 1.165) is 47.5 Å². The maximum absolute atomic E-state index is 13.2. The summed E-state index contributed by atoms with van der Waals surface area (Å²) in [5.74, 6) is 0.483. The highest BCUT2D eigenvalue weighted by molar-refractivity contribution is 6.07. The average Bonchev–Trinajstić information content (AvgIpc) is 2.65. The lowest BCUT2D eigenvalue weighted by Crippen LogP contribution is -2.19. The van der Waals surface area contributed by atoms with Gasteiger partial charge in [0.05, 0.1) is 12.3 Å². The second-order valence-electron chi connectivity index (χ2n) is 6.40. The zero-order valence-electron chi connectivity index (χ0n) is 16.6. The molecule has 4 heteroatoms. The molecular weight excluding hydrogens is 324 g/mol. The van der Waals surface area contributed by atoms with Crippen molar-refractivity contribution < 1.29 is 9.53 Å². The molecule has 1 amide bonds. The molecule has 0 bridgehead atoms. The first-order valence-electron chi connectivity index (χ1n) is 9.60. The number of carbonyl (C=O) groups is 1. The Bertz CT molecular complexity index is 747. The fourth-order valence-corrected chi connectivity index (χ4v) is 3.11. The highest BCUT2D eigenvalue weighted by Gasteiger charge is 2.21. The number of hydrogen-bond donors (Lipinski definition) is 1. The molecule has 0 fully saturated rings. The van der Waals surface area contributed by atoms with Crippen molar-refractivity contribution in [1.29, 1.82) is 0 Å². The number of carbonyl (C=O) groups excluding carboxylic acids is 1. The summed E-state index contributed by atoms with van der Waals surface area (Å²) in [5, 5.41) is 3.15. The largest absolute Gasteiger partial charge is 0.493 e. The maximum atomic E-state index is 13.2. The first-order valence-corrected chi connectivity index (χ1v) is 9.60. The molecule has 0 atom stereocenters. The van der Waals surface area contributed by atoms with Crippen molar-refractivity contribution in [3.05, 3.63) is 52.3 Å². The van der Waals surface area contributed by atoms with Crippen LogP contribution < -0.4 is 10.1 Å². The van der Waals surface area contributed by atoms with Crippen LogP contribution in [-0.2, 0) is 19.3 Å². The van der Waals surface area contributed by atoms with Crippen LogP contribution in [0.25, 0.3) is 0 Å². The maximum Gasteiger partial charge on any atom is 0.261 e. The number of aromatic nitrogens is 1. The van der Waals surface area contributed by atoms with E-state index in [-0.39, 0.29) is 5.91 Å². The molecule has 0 spiro atoms. The van der Waals surface area contributed by atoms with E-state index < -0.39 is 0 Å². The van der Waals surface area contributed by atoms with Crippen LogP contribution in [0.3, 0.4) is 0 Å². The molecular formula is C22H30N2O2. The zero-order chi connectivity index (χ0) is 19.1. The van der Waals surface area contributed by atoms with Crippen LogP contribution in [0.1, 0.15) is 67.0 Å². The summed E-state index contributed by atoms with van der Waals surface area (Å²) in [6, 6.07) is 8.04. The van der Waals surface area contributed by atoms with Crippen LogP contribution in [0.15, 0.2) is 24.3 Å². The minimum atomic E-state index is -0.143. The number of anilines is 1. The summed E-state index contributed by atoms with van der Waals surface area (Å²) in [7, 11) is 0. The van der Waals surface area contributed by atoms with Crippen LogP contribution in [0, 0.1) is 6.92 Å². The summed E-state index contributed by atoms with van der Waals surface area (Å²) in [6.45, 7) is 10.8. The lowest BCUT2D eigenvalue weighted by molar-refractivity contribution is 0.102. The third-order valence-electron chi connectivity index (χ3n) is 4.45. The second-order valence-corrected chi connectivity index (χ2v) is 6.40. The third kappa shape index (κ3) is 4.43. The SMILES string of the molecule is CCCOc1cc(C)nc(CC)c1C(=O)Nc1c(CC)cccc1CC. The number of rotatable bonds is 8. The van der Waals surface area contributed by atoms with Gasteiger partial charge in [0.25, 0.3) is 5.91 Å².